The van der Waals surface area contributed by atoms with E-state index in [-0.39, 0.29) is 0 Å². The average Bonchev–Trinajstić information content (AvgIpc) is 3.00. The second-order valence-electron chi connectivity index (χ2n) is 5.67. The van der Waals surface area contributed by atoms with Gasteiger partial charge in [0.2, 0.25) is 0 Å². The van der Waals surface area contributed by atoms with Crippen LogP contribution in [0, 0.1) is 17.2 Å². The van der Waals surface area contributed by atoms with E-state index in [2.05, 4.69) is 29.2 Å². The van der Waals surface area contributed by atoms with Gasteiger partial charge in [-0.2, -0.15) is 9.64 Å². The summed E-state index contributed by atoms with van der Waals surface area (Å²) in [6, 6.07) is 2.78. The second-order valence-corrected chi connectivity index (χ2v) is 6.43. The molecule has 0 amide bonds. The van der Waals surface area contributed by atoms with Gasteiger partial charge in [-0.15, -0.1) is 0 Å². The lowest BCUT2D eigenvalue weighted by Crippen LogP contribution is -2.34. The summed E-state index contributed by atoms with van der Waals surface area (Å²) in [5, 5.41) is 10.2. The molecule has 0 spiro atoms. The van der Waals surface area contributed by atoms with Gasteiger partial charge in [0.1, 0.15) is 16.6 Å². The van der Waals surface area contributed by atoms with Gasteiger partial charge in [0.05, 0.1) is 0 Å². The molecule has 104 valence electrons. The van der Waals surface area contributed by atoms with Crippen molar-refractivity contribution < 1.29 is 0 Å². The molecule has 0 unspecified atom stereocenters. The summed E-state index contributed by atoms with van der Waals surface area (Å²) in [6.45, 7) is 5.47. The zero-order chi connectivity index (χ0) is 13.8. The molecule has 1 aliphatic rings. The number of rotatable bonds is 5. The largest absolute Gasteiger partial charge is 0.382 e. The molecular weight excluding hydrogens is 256 g/mol. The Labute approximate surface area is 119 Å². The van der Waals surface area contributed by atoms with Crippen LogP contribution in [-0.2, 0) is 0 Å². The molecule has 0 saturated heterocycles. The zero-order valence-corrected chi connectivity index (χ0v) is 12.5. The number of nitrogens with zero attached hydrogens (tertiary/aromatic N) is 3. The van der Waals surface area contributed by atoms with E-state index >= 15 is 0 Å². The van der Waals surface area contributed by atoms with Crippen molar-refractivity contribution in [2.45, 2.75) is 52.0 Å². The van der Waals surface area contributed by atoms with E-state index in [1.807, 2.05) is 0 Å². The fraction of sp³-hybridized carbons (Fsp3) is 0.714. The molecule has 5 heteroatoms. The average molecular weight is 278 g/mol. The molecule has 1 saturated carbocycles. The van der Waals surface area contributed by atoms with Crippen LogP contribution in [0.25, 0.3) is 0 Å². The monoisotopic (exact) mass is 278 g/mol. The van der Waals surface area contributed by atoms with Crippen molar-refractivity contribution in [2.24, 2.45) is 5.92 Å². The highest BCUT2D eigenvalue weighted by Crippen LogP contribution is 2.35. The van der Waals surface area contributed by atoms with E-state index < -0.39 is 0 Å². The molecule has 1 heterocycles. The van der Waals surface area contributed by atoms with Crippen LogP contribution in [0.1, 0.15) is 51.5 Å². The first-order chi connectivity index (χ1) is 9.13. The maximum absolute atomic E-state index is 9.27. The van der Waals surface area contributed by atoms with Gasteiger partial charge in [0.25, 0.3) is 0 Å². The van der Waals surface area contributed by atoms with E-state index in [0.717, 1.165) is 18.0 Å². The summed E-state index contributed by atoms with van der Waals surface area (Å²) in [4.78, 5) is 2.39. The van der Waals surface area contributed by atoms with Gasteiger partial charge >= 0.3 is 0 Å². The van der Waals surface area contributed by atoms with Gasteiger partial charge in [-0.05, 0) is 36.7 Å². The molecule has 19 heavy (non-hydrogen) atoms. The fourth-order valence-electron chi connectivity index (χ4n) is 2.66. The number of nitrogen functional groups attached to an aromatic ring is 1. The molecule has 2 rings (SSSR count). The molecule has 0 aliphatic heterocycles. The van der Waals surface area contributed by atoms with Crippen LogP contribution in [0.15, 0.2) is 0 Å². The molecule has 0 bridgehead atoms. The van der Waals surface area contributed by atoms with Crippen molar-refractivity contribution in [3.8, 4) is 6.07 Å². The third-order valence-corrected chi connectivity index (χ3v) is 4.69. The van der Waals surface area contributed by atoms with Crippen molar-refractivity contribution in [2.75, 3.05) is 17.2 Å². The lowest BCUT2D eigenvalue weighted by Gasteiger charge is -2.30. The lowest BCUT2D eigenvalue weighted by atomic mass is 10.1. The van der Waals surface area contributed by atoms with E-state index in [1.54, 1.807) is 0 Å². The maximum Gasteiger partial charge on any atom is 0.157 e. The number of nitrogens with two attached hydrogens (primary N) is 1. The predicted octanol–water partition coefficient (Wildman–Crippen LogP) is 3.39. The Hall–Kier alpha value is -1.28. The van der Waals surface area contributed by atoms with Gasteiger partial charge < -0.3 is 10.6 Å². The molecule has 0 aromatic carbocycles. The number of hydrogen-bond donors (Lipinski definition) is 1. The van der Waals surface area contributed by atoms with Gasteiger partial charge in [0.15, 0.2) is 5.82 Å². The van der Waals surface area contributed by atoms with Crippen LogP contribution in [-0.4, -0.2) is 17.0 Å². The van der Waals surface area contributed by atoms with Crippen LogP contribution in [0.5, 0.6) is 0 Å². The SMILES string of the molecule is CC(C)CCN(c1snc(N)c1C#N)C1CCCC1. The minimum atomic E-state index is 0.384. The third-order valence-electron chi connectivity index (χ3n) is 3.79. The van der Waals surface area contributed by atoms with Crippen molar-refractivity contribution >= 4 is 22.4 Å². The Bertz CT molecular complexity index is 455. The van der Waals surface area contributed by atoms with E-state index in [0.29, 0.717) is 23.3 Å². The number of aromatic nitrogens is 1. The first-order valence-corrected chi connectivity index (χ1v) is 7.82. The summed E-state index contributed by atoms with van der Waals surface area (Å²) >= 11 is 1.38. The topological polar surface area (TPSA) is 65.9 Å². The van der Waals surface area contributed by atoms with E-state index in [4.69, 9.17) is 5.73 Å². The first-order valence-electron chi connectivity index (χ1n) is 7.05. The quantitative estimate of drug-likeness (QED) is 0.896. The van der Waals surface area contributed by atoms with Gasteiger partial charge in [-0.25, -0.2) is 0 Å². The molecule has 1 aliphatic carbocycles. The second kappa shape index (κ2) is 6.25. The normalized spacial score (nSPS) is 15.9. The van der Waals surface area contributed by atoms with E-state index in [1.165, 1.54) is 37.2 Å². The van der Waals surface area contributed by atoms with Crippen molar-refractivity contribution in [3.05, 3.63) is 5.56 Å². The zero-order valence-electron chi connectivity index (χ0n) is 11.7. The Morgan fingerprint density at radius 1 is 1.47 bits per heavy atom. The Balaban J connectivity index is 2.22. The highest BCUT2D eigenvalue weighted by molar-refractivity contribution is 7.10. The van der Waals surface area contributed by atoms with Crippen molar-refractivity contribution in [3.63, 3.8) is 0 Å². The Kier molecular flexibility index (Phi) is 4.65. The molecule has 0 radical (unpaired) electrons. The number of hydrogen-bond acceptors (Lipinski definition) is 5. The van der Waals surface area contributed by atoms with E-state index in [9.17, 15) is 5.26 Å². The number of anilines is 2. The smallest absolute Gasteiger partial charge is 0.157 e. The maximum atomic E-state index is 9.27. The summed E-state index contributed by atoms with van der Waals surface area (Å²) in [5.74, 6) is 1.05. The van der Waals surface area contributed by atoms with Crippen LogP contribution in [0.2, 0.25) is 0 Å². The molecule has 4 nitrogen and oxygen atoms in total. The Morgan fingerprint density at radius 3 is 2.74 bits per heavy atom. The van der Waals surface area contributed by atoms with Crippen molar-refractivity contribution in [1.29, 1.82) is 5.26 Å². The third kappa shape index (κ3) is 3.19. The molecule has 0 atom stereocenters. The Morgan fingerprint density at radius 2 is 2.16 bits per heavy atom. The fourth-order valence-corrected chi connectivity index (χ4v) is 3.52. The summed E-state index contributed by atoms with van der Waals surface area (Å²) in [7, 11) is 0. The predicted molar refractivity (Wildman–Crippen MR) is 80.3 cm³/mol. The van der Waals surface area contributed by atoms with Crippen LogP contribution in [0.4, 0.5) is 10.8 Å². The molecule has 1 fully saturated rings. The van der Waals surface area contributed by atoms with Gasteiger partial charge in [-0.3, -0.25) is 0 Å². The summed E-state index contributed by atoms with van der Waals surface area (Å²) < 4.78 is 4.16. The highest BCUT2D eigenvalue weighted by atomic mass is 32.1. The van der Waals surface area contributed by atoms with Gasteiger partial charge in [-0.1, -0.05) is 26.7 Å². The molecular formula is C14H22N4S. The molecule has 1 aromatic rings. The minimum absolute atomic E-state index is 0.384. The van der Waals surface area contributed by atoms with Crippen LogP contribution < -0.4 is 10.6 Å². The summed E-state index contributed by atoms with van der Waals surface area (Å²) in [6.07, 6.45) is 6.17. The first kappa shape index (κ1) is 14.1. The summed E-state index contributed by atoms with van der Waals surface area (Å²) in [5.41, 5.74) is 6.36. The van der Waals surface area contributed by atoms with Crippen LogP contribution in [0.3, 0.4) is 0 Å². The molecule has 1 aromatic heterocycles. The lowest BCUT2D eigenvalue weighted by molar-refractivity contribution is 0.530. The van der Waals surface area contributed by atoms with Crippen LogP contribution >= 0.6 is 11.5 Å². The highest BCUT2D eigenvalue weighted by Gasteiger charge is 2.27. The molecule has 2 N–H and O–H groups in total. The standard InChI is InChI=1S/C14H22N4S/c1-10(2)7-8-18(11-5-3-4-6-11)14-12(9-15)13(16)17-19-14/h10-11H,3-8H2,1-2H3,(H2,16,17). The number of nitriles is 1. The van der Waals surface area contributed by atoms with Crippen molar-refractivity contribution in [1.82, 2.24) is 4.37 Å². The van der Waals surface area contributed by atoms with Gasteiger partial charge in [0, 0.05) is 12.6 Å². The minimum Gasteiger partial charge on any atom is -0.382 e.